The van der Waals surface area contributed by atoms with Gasteiger partial charge in [-0.2, -0.15) is 0 Å². The van der Waals surface area contributed by atoms with Crippen molar-refractivity contribution >= 4 is 29.3 Å². The van der Waals surface area contributed by atoms with E-state index >= 15 is 0 Å². The van der Waals surface area contributed by atoms with Crippen LogP contribution in [-0.2, 0) is 11.8 Å². The number of imidazole rings is 1. The third kappa shape index (κ3) is 1.97. The summed E-state index contributed by atoms with van der Waals surface area (Å²) in [7, 11) is 1.81. The molecule has 0 amide bonds. The lowest BCUT2D eigenvalue weighted by Crippen LogP contribution is -2.34. The van der Waals surface area contributed by atoms with Crippen LogP contribution < -0.4 is 5.32 Å². The van der Waals surface area contributed by atoms with E-state index in [1.165, 1.54) is 11.8 Å². The summed E-state index contributed by atoms with van der Waals surface area (Å²) in [6.07, 6.45) is 1.56. The summed E-state index contributed by atoms with van der Waals surface area (Å²) >= 11 is 7.38. The zero-order valence-corrected chi connectivity index (χ0v) is 9.55. The number of rotatable bonds is 2. The van der Waals surface area contributed by atoms with Crippen molar-refractivity contribution in [3.05, 3.63) is 17.2 Å². The monoisotopic (exact) mass is 247 g/mol. The second-order valence-corrected chi connectivity index (χ2v) is 4.79. The molecule has 7 heteroatoms. The van der Waals surface area contributed by atoms with Gasteiger partial charge in [0.05, 0.1) is 6.20 Å². The number of aromatic nitrogens is 2. The largest absolute Gasteiger partial charge is 0.480 e. The third-order valence-electron chi connectivity index (χ3n) is 2.28. The fourth-order valence-electron chi connectivity index (χ4n) is 1.41. The van der Waals surface area contributed by atoms with Crippen LogP contribution in [-0.4, -0.2) is 32.4 Å². The first-order valence-electron chi connectivity index (χ1n) is 4.37. The molecule has 1 aromatic heterocycles. The van der Waals surface area contributed by atoms with Crippen molar-refractivity contribution in [1.82, 2.24) is 14.9 Å². The van der Waals surface area contributed by atoms with E-state index in [0.717, 1.165) is 5.82 Å². The molecule has 0 spiro atoms. The van der Waals surface area contributed by atoms with Crippen molar-refractivity contribution in [3.8, 4) is 0 Å². The van der Waals surface area contributed by atoms with E-state index in [4.69, 9.17) is 16.7 Å². The predicted octanol–water partition coefficient (Wildman–Crippen LogP) is 0.862. The summed E-state index contributed by atoms with van der Waals surface area (Å²) in [5.41, 5.74) is 0. The van der Waals surface area contributed by atoms with Gasteiger partial charge in [0.1, 0.15) is 22.4 Å². The molecule has 15 heavy (non-hydrogen) atoms. The Bertz CT molecular complexity index is 395. The minimum Gasteiger partial charge on any atom is -0.480 e. The Kier molecular flexibility index (Phi) is 2.90. The van der Waals surface area contributed by atoms with Crippen LogP contribution in [0.15, 0.2) is 6.20 Å². The molecule has 82 valence electrons. The topological polar surface area (TPSA) is 67.2 Å². The van der Waals surface area contributed by atoms with E-state index in [2.05, 4.69) is 10.3 Å². The average Bonchev–Trinajstić information content (AvgIpc) is 2.76. The Labute approximate surface area is 95.8 Å². The Balaban J connectivity index is 2.14. The van der Waals surface area contributed by atoms with Crippen LogP contribution in [0.4, 0.5) is 0 Å². The normalized spacial score (nSPS) is 25.7. The minimum atomic E-state index is -0.828. The molecular weight excluding hydrogens is 238 g/mol. The standard InChI is InChI=1S/C8H10ClN3O2S/c1-12-5(9)2-10-6(12)7-11-4(3-15-7)8(13)14/h2,4,7,11H,3H2,1H3,(H,13,14). The van der Waals surface area contributed by atoms with Gasteiger partial charge in [0, 0.05) is 12.8 Å². The first kappa shape index (κ1) is 10.8. The van der Waals surface area contributed by atoms with Gasteiger partial charge in [-0.3, -0.25) is 10.1 Å². The quantitative estimate of drug-likeness (QED) is 0.812. The molecule has 1 fully saturated rings. The van der Waals surface area contributed by atoms with Gasteiger partial charge in [-0.15, -0.1) is 11.8 Å². The first-order chi connectivity index (χ1) is 7.09. The lowest BCUT2D eigenvalue weighted by molar-refractivity contribution is -0.138. The molecule has 2 unspecified atom stereocenters. The van der Waals surface area contributed by atoms with E-state index in [1.54, 1.807) is 17.8 Å². The van der Waals surface area contributed by atoms with Crippen molar-refractivity contribution in [2.45, 2.75) is 11.4 Å². The van der Waals surface area contributed by atoms with Gasteiger partial charge in [0.2, 0.25) is 0 Å². The van der Waals surface area contributed by atoms with Gasteiger partial charge in [0.25, 0.3) is 0 Å². The van der Waals surface area contributed by atoms with Crippen LogP contribution in [0.25, 0.3) is 0 Å². The lowest BCUT2D eigenvalue weighted by Gasteiger charge is -2.10. The molecule has 1 aromatic rings. The molecule has 5 nitrogen and oxygen atoms in total. The van der Waals surface area contributed by atoms with Crippen LogP contribution in [0.1, 0.15) is 11.2 Å². The number of hydrogen-bond donors (Lipinski definition) is 2. The maximum absolute atomic E-state index is 10.7. The Morgan fingerprint density at radius 2 is 2.60 bits per heavy atom. The molecule has 0 saturated carbocycles. The molecule has 1 saturated heterocycles. The maximum atomic E-state index is 10.7. The number of nitrogens with one attached hydrogen (secondary N) is 1. The molecular formula is C8H10ClN3O2S. The van der Waals surface area contributed by atoms with Gasteiger partial charge in [0.15, 0.2) is 0 Å². The number of carboxylic acids is 1. The highest BCUT2D eigenvalue weighted by molar-refractivity contribution is 7.99. The second kappa shape index (κ2) is 4.03. The van der Waals surface area contributed by atoms with Gasteiger partial charge >= 0.3 is 5.97 Å². The van der Waals surface area contributed by atoms with Crippen molar-refractivity contribution in [2.75, 3.05) is 5.75 Å². The molecule has 2 N–H and O–H groups in total. The summed E-state index contributed by atoms with van der Waals surface area (Å²) < 4.78 is 1.75. The molecule has 0 bridgehead atoms. The van der Waals surface area contributed by atoms with Crippen molar-refractivity contribution in [1.29, 1.82) is 0 Å². The highest BCUT2D eigenvalue weighted by Gasteiger charge is 2.32. The first-order valence-corrected chi connectivity index (χ1v) is 5.80. The van der Waals surface area contributed by atoms with Crippen molar-refractivity contribution < 1.29 is 9.90 Å². The Hall–Kier alpha value is -0.720. The number of hydrogen-bond acceptors (Lipinski definition) is 4. The van der Waals surface area contributed by atoms with Gasteiger partial charge in [-0.05, 0) is 0 Å². The molecule has 1 aliphatic heterocycles. The van der Waals surface area contributed by atoms with E-state index in [-0.39, 0.29) is 5.37 Å². The number of thioether (sulfide) groups is 1. The van der Waals surface area contributed by atoms with Gasteiger partial charge < -0.3 is 9.67 Å². The third-order valence-corrected chi connectivity index (χ3v) is 3.84. The number of nitrogens with zero attached hydrogens (tertiary/aromatic N) is 2. The molecule has 0 aliphatic carbocycles. The Morgan fingerprint density at radius 3 is 3.07 bits per heavy atom. The fourth-order valence-corrected chi connectivity index (χ4v) is 2.80. The number of carboxylic acid groups (broad SMARTS) is 1. The van der Waals surface area contributed by atoms with Crippen LogP contribution >= 0.6 is 23.4 Å². The molecule has 0 radical (unpaired) electrons. The molecule has 2 heterocycles. The minimum absolute atomic E-state index is 0.0939. The summed E-state index contributed by atoms with van der Waals surface area (Å²) in [5, 5.41) is 12.3. The highest BCUT2D eigenvalue weighted by atomic mass is 35.5. The summed E-state index contributed by atoms with van der Waals surface area (Å²) in [6, 6.07) is -0.504. The van der Waals surface area contributed by atoms with Crippen molar-refractivity contribution in [3.63, 3.8) is 0 Å². The van der Waals surface area contributed by atoms with Crippen molar-refractivity contribution in [2.24, 2.45) is 7.05 Å². The molecule has 1 aliphatic rings. The summed E-state index contributed by atoms with van der Waals surface area (Å²) in [4.78, 5) is 14.9. The summed E-state index contributed by atoms with van der Waals surface area (Å²) in [6.45, 7) is 0. The fraction of sp³-hybridized carbons (Fsp3) is 0.500. The second-order valence-electron chi connectivity index (χ2n) is 3.27. The number of halogens is 1. The van der Waals surface area contributed by atoms with Gasteiger partial charge in [-0.25, -0.2) is 4.98 Å². The van der Waals surface area contributed by atoms with Gasteiger partial charge in [-0.1, -0.05) is 11.6 Å². The van der Waals surface area contributed by atoms with Crippen LogP contribution in [0.2, 0.25) is 5.15 Å². The highest BCUT2D eigenvalue weighted by Crippen LogP contribution is 2.32. The van der Waals surface area contributed by atoms with E-state index < -0.39 is 12.0 Å². The molecule has 2 atom stereocenters. The zero-order chi connectivity index (χ0) is 11.0. The maximum Gasteiger partial charge on any atom is 0.321 e. The van der Waals surface area contributed by atoms with E-state index in [9.17, 15) is 4.79 Å². The SMILES string of the molecule is Cn1c(Cl)cnc1C1NC(C(=O)O)CS1. The number of carbonyl (C=O) groups is 1. The molecule has 0 aromatic carbocycles. The smallest absolute Gasteiger partial charge is 0.321 e. The average molecular weight is 248 g/mol. The van der Waals surface area contributed by atoms with Crippen LogP contribution in [0.5, 0.6) is 0 Å². The zero-order valence-electron chi connectivity index (χ0n) is 7.98. The summed E-state index contributed by atoms with van der Waals surface area (Å²) in [5.74, 6) is 0.476. The van der Waals surface area contributed by atoms with E-state index in [1.807, 2.05) is 0 Å². The lowest BCUT2D eigenvalue weighted by atomic mass is 10.3. The van der Waals surface area contributed by atoms with Crippen LogP contribution in [0, 0.1) is 0 Å². The molecule has 2 rings (SSSR count). The predicted molar refractivity (Wildman–Crippen MR) is 58.0 cm³/mol. The number of aliphatic carboxylic acids is 1. The van der Waals surface area contributed by atoms with E-state index in [0.29, 0.717) is 10.9 Å². The van der Waals surface area contributed by atoms with Crippen LogP contribution in [0.3, 0.4) is 0 Å². The Morgan fingerprint density at radius 1 is 1.87 bits per heavy atom.